The molecule has 1 aromatic carbocycles. The Kier molecular flexibility index (Phi) is 2.73. The number of rotatable bonds is 3. The monoisotopic (exact) mass is 263 g/mol. The minimum Gasteiger partial charge on any atom is -0.476 e. The predicted molar refractivity (Wildman–Crippen MR) is 71.5 cm³/mol. The van der Waals surface area contributed by atoms with Gasteiger partial charge in [-0.15, -0.1) is 0 Å². The van der Waals surface area contributed by atoms with Gasteiger partial charge in [-0.25, -0.2) is 0 Å². The Morgan fingerprint density at radius 2 is 2.22 bits per heavy atom. The molecule has 5 heteroatoms. The van der Waals surface area contributed by atoms with Gasteiger partial charge < -0.3 is 10.6 Å². The van der Waals surface area contributed by atoms with E-state index in [0.29, 0.717) is 5.92 Å². The minimum atomic E-state index is -0.175. The van der Waals surface area contributed by atoms with E-state index in [0.717, 1.165) is 5.75 Å². The van der Waals surface area contributed by atoms with Crippen LogP contribution in [0.1, 0.15) is 38.3 Å². The van der Waals surface area contributed by atoms with E-state index in [1.807, 2.05) is 6.07 Å². The maximum Gasteiger partial charge on any atom is 0.153 e. The summed E-state index contributed by atoms with van der Waals surface area (Å²) in [6, 6.07) is 6.41. The molecule has 2 aliphatic rings. The molecule has 1 aliphatic carbocycles. The summed E-state index contributed by atoms with van der Waals surface area (Å²) in [6.07, 6.45) is 2.44. The first kappa shape index (κ1) is 11.8. The summed E-state index contributed by atoms with van der Waals surface area (Å²) in [7, 11) is 0. The van der Waals surface area contributed by atoms with Gasteiger partial charge in [0, 0.05) is 0 Å². The van der Waals surface area contributed by atoms with Crippen molar-refractivity contribution in [1.29, 1.82) is 0 Å². The highest BCUT2D eigenvalue weighted by molar-refractivity contribution is 8.00. The molecule has 1 aromatic rings. The summed E-state index contributed by atoms with van der Waals surface area (Å²) in [5, 5.41) is 7.65. The lowest BCUT2D eigenvalue weighted by Crippen LogP contribution is -2.17. The number of nitrogens with zero attached hydrogens (tertiary/aromatic N) is 2. The molecule has 1 unspecified atom stereocenters. The Morgan fingerprint density at radius 3 is 2.89 bits per heavy atom. The summed E-state index contributed by atoms with van der Waals surface area (Å²) >= 11 is 1.75. The van der Waals surface area contributed by atoms with Gasteiger partial charge >= 0.3 is 0 Å². The van der Waals surface area contributed by atoms with Crippen LogP contribution in [0.4, 0.5) is 0 Å². The van der Waals surface area contributed by atoms with Crippen LogP contribution in [-0.2, 0) is 0 Å². The molecule has 2 N–H and O–H groups in total. The average molecular weight is 263 g/mol. The van der Waals surface area contributed by atoms with E-state index in [2.05, 4.69) is 36.3 Å². The number of fused-ring (bicyclic) bond motifs is 1. The molecule has 3 rings (SSSR count). The molecular formula is C13H17N3OS. The lowest BCUT2D eigenvalue weighted by atomic mass is 10.0. The molecule has 0 saturated heterocycles. The third-order valence-electron chi connectivity index (χ3n) is 3.28. The zero-order valence-electron chi connectivity index (χ0n) is 10.6. The predicted octanol–water partition coefficient (Wildman–Crippen LogP) is 3.68. The molecule has 1 aliphatic heterocycles. The summed E-state index contributed by atoms with van der Waals surface area (Å²) in [6.45, 7) is 4.16. The van der Waals surface area contributed by atoms with Crippen molar-refractivity contribution in [1.82, 2.24) is 0 Å². The molecule has 1 heterocycles. The van der Waals surface area contributed by atoms with Gasteiger partial charge in [0.25, 0.3) is 0 Å². The fraction of sp³-hybridized carbons (Fsp3) is 0.538. The number of benzene rings is 1. The molecule has 1 atom stereocenters. The summed E-state index contributed by atoms with van der Waals surface area (Å²) in [5.74, 6) is 6.79. The van der Waals surface area contributed by atoms with E-state index in [1.54, 1.807) is 11.8 Å². The van der Waals surface area contributed by atoms with Crippen molar-refractivity contribution in [2.75, 3.05) is 0 Å². The third kappa shape index (κ3) is 2.19. The van der Waals surface area contributed by atoms with E-state index >= 15 is 0 Å². The van der Waals surface area contributed by atoms with Crippen molar-refractivity contribution in [3.63, 3.8) is 0 Å². The van der Waals surface area contributed by atoms with Crippen LogP contribution in [-0.4, -0.2) is 4.93 Å². The smallest absolute Gasteiger partial charge is 0.153 e. The van der Waals surface area contributed by atoms with E-state index in [4.69, 9.17) is 10.6 Å². The first-order valence-electron chi connectivity index (χ1n) is 6.21. The summed E-state index contributed by atoms with van der Waals surface area (Å²) in [5.41, 5.74) is 1.19. The third-order valence-corrected chi connectivity index (χ3v) is 4.39. The largest absolute Gasteiger partial charge is 0.476 e. The fourth-order valence-corrected chi connectivity index (χ4v) is 3.41. The van der Waals surface area contributed by atoms with Gasteiger partial charge in [0.1, 0.15) is 11.8 Å². The Hall–Kier alpha value is -1.23. The molecule has 96 valence electrons. The first-order chi connectivity index (χ1) is 8.59. The van der Waals surface area contributed by atoms with E-state index < -0.39 is 0 Å². The normalized spacial score (nSPS) is 22.8. The number of thioether (sulfide) groups is 1. The molecule has 1 saturated carbocycles. The van der Waals surface area contributed by atoms with Gasteiger partial charge in [-0.2, -0.15) is 5.11 Å². The van der Waals surface area contributed by atoms with Crippen LogP contribution in [0.3, 0.4) is 0 Å². The first-order valence-corrected chi connectivity index (χ1v) is 7.03. The highest BCUT2D eigenvalue weighted by Gasteiger charge is 2.35. The van der Waals surface area contributed by atoms with Gasteiger partial charge in [-0.3, -0.25) is 0 Å². The quantitative estimate of drug-likeness (QED) is 0.514. The van der Waals surface area contributed by atoms with E-state index in [1.165, 1.54) is 23.3 Å². The van der Waals surface area contributed by atoms with Crippen LogP contribution in [0.25, 0.3) is 0 Å². The van der Waals surface area contributed by atoms with Gasteiger partial charge in [-0.1, -0.05) is 23.1 Å². The summed E-state index contributed by atoms with van der Waals surface area (Å²) < 4.78 is 5.85. The van der Waals surface area contributed by atoms with Crippen LogP contribution < -0.4 is 10.6 Å². The second kappa shape index (κ2) is 4.16. The second-order valence-corrected chi connectivity index (χ2v) is 6.95. The molecule has 0 spiro atoms. The highest BCUT2D eigenvalue weighted by Crippen LogP contribution is 2.50. The van der Waals surface area contributed by atoms with E-state index in [-0.39, 0.29) is 11.0 Å². The topological polar surface area (TPSA) is 60.0 Å². The van der Waals surface area contributed by atoms with Crippen LogP contribution in [0.15, 0.2) is 33.4 Å². The SMILES string of the molecule is CC1(C)Oc2ccc(C(N=NN)C3CC3)cc2S1. The number of hydrogen-bond acceptors (Lipinski definition) is 4. The second-order valence-electron chi connectivity index (χ2n) is 5.32. The molecule has 0 amide bonds. The van der Waals surface area contributed by atoms with Gasteiger partial charge in [0.05, 0.1) is 4.90 Å². The lowest BCUT2D eigenvalue weighted by molar-refractivity contribution is 0.215. The lowest BCUT2D eigenvalue weighted by Gasteiger charge is -2.15. The van der Waals surface area contributed by atoms with Gasteiger partial charge in [0.2, 0.25) is 0 Å². The van der Waals surface area contributed by atoms with Crippen molar-refractivity contribution < 1.29 is 4.74 Å². The van der Waals surface area contributed by atoms with Crippen molar-refractivity contribution in [3.05, 3.63) is 23.8 Å². The molecular weight excluding hydrogens is 246 g/mol. The minimum absolute atomic E-state index is 0.115. The Labute approximate surface area is 111 Å². The maximum absolute atomic E-state index is 5.85. The maximum atomic E-state index is 5.85. The van der Waals surface area contributed by atoms with Crippen LogP contribution in [0.2, 0.25) is 0 Å². The highest BCUT2D eigenvalue weighted by atomic mass is 32.2. The van der Waals surface area contributed by atoms with Crippen LogP contribution in [0, 0.1) is 5.92 Å². The Bertz CT molecular complexity index is 497. The van der Waals surface area contributed by atoms with Crippen LogP contribution >= 0.6 is 11.8 Å². The molecule has 18 heavy (non-hydrogen) atoms. The van der Waals surface area contributed by atoms with Crippen molar-refractivity contribution in [3.8, 4) is 5.75 Å². The molecule has 1 fully saturated rings. The molecule has 4 nitrogen and oxygen atoms in total. The molecule has 0 radical (unpaired) electrons. The van der Waals surface area contributed by atoms with Crippen LogP contribution in [0.5, 0.6) is 5.75 Å². The summed E-state index contributed by atoms with van der Waals surface area (Å²) in [4.78, 5) is 1.01. The van der Waals surface area contributed by atoms with Crippen molar-refractivity contribution in [2.24, 2.45) is 22.1 Å². The Morgan fingerprint density at radius 1 is 1.44 bits per heavy atom. The average Bonchev–Trinajstić information content (AvgIpc) is 3.07. The zero-order chi connectivity index (χ0) is 12.8. The molecule has 0 bridgehead atoms. The fourth-order valence-electron chi connectivity index (χ4n) is 2.34. The van der Waals surface area contributed by atoms with Crippen molar-refractivity contribution in [2.45, 2.75) is 42.6 Å². The number of hydrogen-bond donors (Lipinski definition) is 1. The zero-order valence-corrected chi connectivity index (χ0v) is 11.4. The standard InChI is InChI=1S/C13H17N3OS/c1-13(2)17-10-6-5-9(7-11(10)18-13)12(15-16-14)8-3-4-8/h5-8,12H,3-4H2,1-2H3,(H2,14,15). The van der Waals surface area contributed by atoms with E-state index in [9.17, 15) is 0 Å². The van der Waals surface area contributed by atoms with Crippen molar-refractivity contribution >= 4 is 11.8 Å². The molecule has 0 aromatic heterocycles. The van der Waals surface area contributed by atoms with Gasteiger partial charge in [-0.05, 0) is 50.3 Å². The number of ether oxygens (including phenoxy) is 1. The van der Waals surface area contributed by atoms with Gasteiger partial charge in [0.15, 0.2) is 4.93 Å². The number of nitrogens with two attached hydrogens (primary N) is 1. The Balaban J connectivity index is 1.91.